The van der Waals surface area contributed by atoms with E-state index >= 15 is 0 Å². The zero-order valence-electron chi connectivity index (χ0n) is 12.3. The van der Waals surface area contributed by atoms with Crippen LogP contribution in [0.25, 0.3) is 0 Å². The third-order valence-electron chi connectivity index (χ3n) is 4.05. The molecule has 2 heterocycles. The van der Waals surface area contributed by atoms with E-state index in [1.165, 1.54) is 6.20 Å². The summed E-state index contributed by atoms with van der Waals surface area (Å²) in [4.78, 5) is 7.98. The molecule has 0 spiro atoms. The minimum absolute atomic E-state index is 0.0668. The predicted octanol–water partition coefficient (Wildman–Crippen LogP) is 1.74. The van der Waals surface area contributed by atoms with Crippen LogP contribution >= 0.6 is 0 Å². The lowest BCUT2D eigenvalue weighted by Crippen LogP contribution is -2.45. The van der Waals surface area contributed by atoms with E-state index in [0.29, 0.717) is 6.54 Å². The van der Waals surface area contributed by atoms with Gasteiger partial charge in [-0.25, -0.2) is 0 Å². The number of hydrogen-bond donors (Lipinski definition) is 1. The standard InChI is InChI=1S/C14H21F3N4/c1-20-6-3-7-21(2)12(9-20)13(18)10-8-19-5-4-11(10)14(15,16)17/h4-5,8,12-13H,3,6-7,9,18H2,1-2H3. The van der Waals surface area contributed by atoms with Crippen molar-refractivity contribution in [2.45, 2.75) is 24.7 Å². The predicted molar refractivity (Wildman–Crippen MR) is 74.7 cm³/mol. The first-order valence-electron chi connectivity index (χ1n) is 6.96. The Morgan fingerprint density at radius 2 is 2.05 bits per heavy atom. The van der Waals surface area contributed by atoms with Gasteiger partial charge in [-0.3, -0.25) is 4.98 Å². The van der Waals surface area contributed by atoms with Crippen LogP contribution in [0, 0.1) is 0 Å². The monoisotopic (exact) mass is 302 g/mol. The van der Waals surface area contributed by atoms with Crippen LogP contribution in [-0.4, -0.2) is 54.6 Å². The molecule has 0 saturated carbocycles. The van der Waals surface area contributed by atoms with Crippen LogP contribution in [0.3, 0.4) is 0 Å². The van der Waals surface area contributed by atoms with E-state index in [-0.39, 0.29) is 11.6 Å². The second kappa shape index (κ2) is 6.29. The number of rotatable bonds is 2. The van der Waals surface area contributed by atoms with Crippen molar-refractivity contribution in [3.63, 3.8) is 0 Å². The number of likely N-dealkylation sites (N-methyl/N-ethyl adjacent to an activating group) is 2. The quantitative estimate of drug-likeness (QED) is 0.904. The van der Waals surface area contributed by atoms with Gasteiger partial charge in [0.15, 0.2) is 0 Å². The maximum atomic E-state index is 13.1. The zero-order chi connectivity index (χ0) is 15.6. The summed E-state index contributed by atoms with van der Waals surface area (Å²) in [5.74, 6) is 0. The van der Waals surface area contributed by atoms with Gasteiger partial charge in [0.05, 0.1) is 5.56 Å². The molecule has 0 amide bonds. The highest BCUT2D eigenvalue weighted by atomic mass is 19.4. The lowest BCUT2D eigenvalue weighted by Gasteiger charge is -2.33. The number of hydrogen-bond acceptors (Lipinski definition) is 4. The van der Waals surface area contributed by atoms with Crippen LogP contribution in [0.5, 0.6) is 0 Å². The average Bonchev–Trinajstić information content (AvgIpc) is 2.58. The lowest BCUT2D eigenvalue weighted by atomic mass is 9.96. The Kier molecular flexibility index (Phi) is 4.85. The Balaban J connectivity index is 2.32. The molecule has 0 aliphatic carbocycles. The van der Waals surface area contributed by atoms with Crippen LogP contribution in [0.1, 0.15) is 23.6 Å². The van der Waals surface area contributed by atoms with Gasteiger partial charge in [-0.15, -0.1) is 0 Å². The van der Waals surface area contributed by atoms with Crippen LogP contribution in [0.2, 0.25) is 0 Å². The van der Waals surface area contributed by atoms with Crippen molar-refractivity contribution < 1.29 is 13.2 Å². The Bertz CT molecular complexity index is 478. The second-order valence-electron chi connectivity index (χ2n) is 5.65. The van der Waals surface area contributed by atoms with Crippen molar-refractivity contribution in [2.24, 2.45) is 5.73 Å². The molecule has 1 aromatic rings. The highest BCUT2D eigenvalue weighted by Gasteiger charge is 2.37. The van der Waals surface area contributed by atoms with Gasteiger partial charge in [-0.2, -0.15) is 13.2 Å². The van der Waals surface area contributed by atoms with Gasteiger partial charge in [0.2, 0.25) is 0 Å². The van der Waals surface area contributed by atoms with Gasteiger partial charge in [-0.05, 0) is 39.7 Å². The van der Waals surface area contributed by atoms with Crippen molar-refractivity contribution in [2.75, 3.05) is 33.7 Å². The van der Waals surface area contributed by atoms with Crippen molar-refractivity contribution in [1.29, 1.82) is 0 Å². The van der Waals surface area contributed by atoms with E-state index in [2.05, 4.69) is 9.88 Å². The number of nitrogens with zero attached hydrogens (tertiary/aromatic N) is 3. The Labute approximate surface area is 122 Å². The molecule has 4 nitrogen and oxygen atoms in total. The zero-order valence-corrected chi connectivity index (χ0v) is 12.3. The fraction of sp³-hybridized carbons (Fsp3) is 0.643. The fourth-order valence-corrected chi connectivity index (χ4v) is 2.83. The van der Waals surface area contributed by atoms with E-state index in [4.69, 9.17) is 5.73 Å². The normalized spacial score (nSPS) is 23.8. The maximum Gasteiger partial charge on any atom is 0.416 e. The number of pyridine rings is 1. The molecule has 1 aliphatic heterocycles. The summed E-state index contributed by atoms with van der Waals surface area (Å²) in [6.07, 6.45) is -1.03. The molecular formula is C14H21F3N4. The van der Waals surface area contributed by atoms with Crippen molar-refractivity contribution in [3.8, 4) is 0 Å². The van der Waals surface area contributed by atoms with Gasteiger partial charge in [0, 0.05) is 36.6 Å². The molecule has 2 unspecified atom stereocenters. The smallest absolute Gasteiger partial charge is 0.323 e. The summed E-state index contributed by atoms with van der Waals surface area (Å²) in [6.45, 7) is 2.39. The van der Waals surface area contributed by atoms with Crippen LogP contribution in [0.15, 0.2) is 18.5 Å². The van der Waals surface area contributed by atoms with E-state index in [0.717, 1.165) is 31.8 Å². The largest absolute Gasteiger partial charge is 0.416 e. The van der Waals surface area contributed by atoms with Crippen molar-refractivity contribution >= 4 is 0 Å². The van der Waals surface area contributed by atoms with E-state index in [9.17, 15) is 13.2 Å². The number of halogens is 3. The first-order valence-corrected chi connectivity index (χ1v) is 6.96. The third-order valence-corrected chi connectivity index (χ3v) is 4.05. The van der Waals surface area contributed by atoms with Crippen LogP contribution < -0.4 is 5.73 Å². The lowest BCUT2D eigenvalue weighted by molar-refractivity contribution is -0.138. The fourth-order valence-electron chi connectivity index (χ4n) is 2.83. The van der Waals surface area contributed by atoms with Gasteiger partial charge >= 0.3 is 6.18 Å². The van der Waals surface area contributed by atoms with Crippen LogP contribution in [-0.2, 0) is 6.18 Å². The molecule has 2 rings (SSSR count). The summed E-state index contributed by atoms with van der Waals surface area (Å²) in [5, 5.41) is 0. The molecule has 1 saturated heterocycles. The maximum absolute atomic E-state index is 13.1. The van der Waals surface area contributed by atoms with Gasteiger partial charge in [0.25, 0.3) is 0 Å². The number of alkyl halides is 3. The molecule has 0 aromatic carbocycles. The van der Waals surface area contributed by atoms with Crippen LogP contribution in [0.4, 0.5) is 13.2 Å². The molecule has 118 valence electrons. The molecule has 2 N–H and O–H groups in total. The van der Waals surface area contributed by atoms with Gasteiger partial charge in [0.1, 0.15) is 0 Å². The summed E-state index contributed by atoms with van der Waals surface area (Å²) >= 11 is 0. The first-order chi connectivity index (χ1) is 9.80. The molecule has 1 aliphatic rings. The van der Waals surface area contributed by atoms with Gasteiger partial charge in [-0.1, -0.05) is 0 Å². The summed E-state index contributed by atoms with van der Waals surface area (Å²) in [5.41, 5.74) is 5.56. The van der Waals surface area contributed by atoms with E-state index < -0.39 is 17.8 Å². The summed E-state index contributed by atoms with van der Waals surface area (Å²) in [6, 6.07) is 0.110. The topological polar surface area (TPSA) is 45.4 Å². The number of nitrogens with two attached hydrogens (primary N) is 1. The van der Waals surface area contributed by atoms with E-state index in [1.807, 2.05) is 19.0 Å². The molecule has 0 bridgehead atoms. The Hall–Kier alpha value is -1.18. The highest BCUT2D eigenvalue weighted by molar-refractivity contribution is 5.30. The van der Waals surface area contributed by atoms with Crippen molar-refractivity contribution in [1.82, 2.24) is 14.8 Å². The van der Waals surface area contributed by atoms with E-state index in [1.54, 1.807) is 0 Å². The molecule has 7 heteroatoms. The molecule has 1 fully saturated rings. The first kappa shape index (κ1) is 16.2. The second-order valence-corrected chi connectivity index (χ2v) is 5.65. The third kappa shape index (κ3) is 3.72. The Morgan fingerprint density at radius 3 is 2.71 bits per heavy atom. The average molecular weight is 302 g/mol. The molecule has 21 heavy (non-hydrogen) atoms. The summed E-state index contributed by atoms with van der Waals surface area (Å²) < 4.78 is 39.4. The minimum Gasteiger partial charge on any atom is -0.323 e. The minimum atomic E-state index is -4.41. The molecule has 1 aromatic heterocycles. The molecule has 2 atom stereocenters. The molecule has 0 radical (unpaired) electrons. The summed E-state index contributed by atoms with van der Waals surface area (Å²) in [7, 11) is 3.88. The molecular weight excluding hydrogens is 281 g/mol. The number of aromatic nitrogens is 1. The SMILES string of the molecule is CN1CCCN(C)C(C(N)c2cnccc2C(F)(F)F)C1. The Morgan fingerprint density at radius 1 is 1.33 bits per heavy atom. The van der Waals surface area contributed by atoms with Gasteiger partial charge < -0.3 is 15.5 Å². The van der Waals surface area contributed by atoms with Crippen molar-refractivity contribution in [3.05, 3.63) is 29.6 Å². The highest BCUT2D eigenvalue weighted by Crippen LogP contribution is 2.35.